The molecule has 1 fully saturated rings. The highest BCUT2D eigenvalue weighted by Crippen LogP contribution is 2.18. The predicted molar refractivity (Wildman–Crippen MR) is 74.0 cm³/mol. The number of carbonyl (C=O) groups is 2. The van der Waals surface area contributed by atoms with Crippen molar-refractivity contribution < 1.29 is 9.59 Å². The molecule has 0 saturated carbocycles. The van der Waals surface area contributed by atoms with E-state index in [0.717, 1.165) is 17.9 Å². The first-order chi connectivity index (χ1) is 9.44. The van der Waals surface area contributed by atoms with Crippen molar-refractivity contribution in [1.82, 2.24) is 20.2 Å². The normalized spacial score (nSPS) is 17.2. The molecule has 0 spiro atoms. The summed E-state index contributed by atoms with van der Waals surface area (Å²) in [6, 6.07) is -0.394. The minimum Gasteiger partial charge on any atom is -0.369 e. The molecule has 1 aromatic rings. The zero-order valence-electron chi connectivity index (χ0n) is 11.9. The van der Waals surface area contributed by atoms with Crippen LogP contribution < -0.4 is 10.6 Å². The van der Waals surface area contributed by atoms with E-state index in [0.29, 0.717) is 11.5 Å². The van der Waals surface area contributed by atoms with E-state index in [4.69, 9.17) is 0 Å². The monoisotopic (exact) mass is 277 g/mol. The number of urea groups is 1. The second kappa shape index (κ2) is 5.44. The van der Waals surface area contributed by atoms with Gasteiger partial charge >= 0.3 is 6.03 Å². The first kappa shape index (κ1) is 14.2. The highest BCUT2D eigenvalue weighted by molar-refractivity contribution is 6.06. The van der Waals surface area contributed by atoms with Gasteiger partial charge in [0.25, 0.3) is 5.91 Å². The molecule has 1 aliphatic rings. The Bertz CT molecular complexity index is 512. The Labute approximate surface area is 117 Å². The third-order valence-electron chi connectivity index (χ3n) is 3.03. The van der Waals surface area contributed by atoms with Crippen molar-refractivity contribution >= 4 is 17.8 Å². The zero-order chi connectivity index (χ0) is 14.8. The van der Waals surface area contributed by atoms with Gasteiger partial charge in [-0.1, -0.05) is 6.92 Å². The summed E-state index contributed by atoms with van der Waals surface area (Å²) in [5.41, 5.74) is -0.277. The number of aromatic nitrogens is 2. The molecular formula is C13H19N5O2. The van der Waals surface area contributed by atoms with E-state index in [-0.39, 0.29) is 12.5 Å². The Morgan fingerprint density at radius 1 is 1.30 bits per heavy atom. The summed E-state index contributed by atoms with van der Waals surface area (Å²) in [6.07, 6.45) is 4.18. The molecule has 2 rings (SSSR count). The predicted octanol–water partition coefficient (Wildman–Crippen LogP) is 1.13. The van der Waals surface area contributed by atoms with Gasteiger partial charge in [0.2, 0.25) is 0 Å². The molecule has 108 valence electrons. The fraction of sp³-hybridized carbons (Fsp3) is 0.538. The number of rotatable bonds is 5. The molecule has 0 bridgehead atoms. The first-order valence-corrected chi connectivity index (χ1v) is 6.63. The van der Waals surface area contributed by atoms with Gasteiger partial charge in [-0.3, -0.25) is 14.7 Å². The molecule has 3 amide bonds. The van der Waals surface area contributed by atoms with Gasteiger partial charge < -0.3 is 10.6 Å². The molecule has 0 aliphatic carbocycles. The molecule has 0 atom stereocenters. The van der Waals surface area contributed by atoms with Crippen LogP contribution in [0.1, 0.15) is 32.9 Å². The lowest BCUT2D eigenvalue weighted by Gasteiger charge is -2.15. The zero-order valence-corrected chi connectivity index (χ0v) is 11.9. The number of anilines is 1. The first-order valence-electron chi connectivity index (χ1n) is 6.63. The average molecular weight is 277 g/mol. The third kappa shape index (κ3) is 2.87. The lowest BCUT2D eigenvalue weighted by molar-refractivity contribution is -0.130. The quantitative estimate of drug-likeness (QED) is 0.788. The molecule has 1 aliphatic heterocycles. The van der Waals surface area contributed by atoms with Gasteiger partial charge in [-0.25, -0.2) is 9.78 Å². The van der Waals surface area contributed by atoms with Crippen LogP contribution in [0.2, 0.25) is 0 Å². The van der Waals surface area contributed by atoms with E-state index >= 15 is 0 Å². The lowest BCUT2D eigenvalue weighted by Crippen LogP contribution is -2.40. The Morgan fingerprint density at radius 2 is 2.05 bits per heavy atom. The molecule has 1 saturated heterocycles. The van der Waals surface area contributed by atoms with Crippen molar-refractivity contribution in [3.8, 4) is 0 Å². The second-order valence-corrected chi connectivity index (χ2v) is 5.27. The Kier molecular flexibility index (Phi) is 3.87. The second-order valence-electron chi connectivity index (χ2n) is 5.27. The van der Waals surface area contributed by atoms with Crippen LogP contribution in [0.25, 0.3) is 0 Å². The van der Waals surface area contributed by atoms with E-state index in [1.807, 2.05) is 0 Å². The van der Waals surface area contributed by atoms with E-state index in [9.17, 15) is 9.59 Å². The Morgan fingerprint density at radius 3 is 2.55 bits per heavy atom. The summed E-state index contributed by atoms with van der Waals surface area (Å²) in [4.78, 5) is 33.3. The van der Waals surface area contributed by atoms with Gasteiger partial charge in [0.15, 0.2) is 0 Å². The smallest absolute Gasteiger partial charge is 0.325 e. The lowest BCUT2D eigenvalue weighted by atomic mass is 10.1. The Hall–Kier alpha value is -2.18. The van der Waals surface area contributed by atoms with Crippen molar-refractivity contribution in [3.05, 3.63) is 18.1 Å². The average Bonchev–Trinajstić information content (AvgIpc) is 2.60. The van der Waals surface area contributed by atoms with Crippen molar-refractivity contribution in [1.29, 1.82) is 0 Å². The minimum absolute atomic E-state index is 0.134. The topological polar surface area (TPSA) is 87.2 Å². The SMILES string of the molecule is CCCNc1cnc(CN2C(=O)NC(C)(C)C2=O)cn1. The van der Waals surface area contributed by atoms with E-state index in [1.165, 1.54) is 0 Å². The maximum atomic E-state index is 12.0. The molecule has 2 N–H and O–H groups in total. The highest BCUT2D eigenvalue weighted by Gasteiger charge is 2.44. The van der Waals surface area contributed by atoms with Crippen molar-refractivity contribution in [3.63, 3.8) is 0 Å². The summed E-state index contributed by atoms with van der Waals surface area (Å²) < 4.78 is 0. The summed E-state index contributed by atoms with van der Waals surface area (Å²) in [6.45, 7) is 6.38. The summed E-state index contributed by atoms with van der Waals surface area (Å²) >= 11 is 0. The molecule has 0 unspecified atom stereocenters. The van der Waals surface area contributed by atoms with Crippen LogP contribution in [0.4, 0.5) is 10.6 Å². The van der Waals surface area contributed by atoms with Crippen LogP contribution in [-0.4, -0.2) is 38.9 Å². The Balaban J connectivity index is 2.03. The van der Waals surface area contributed by atoms with Gasteiger partial charge in [0.05, 0.1) is 24.6 Å². The van der Waals surface area contributed by atoms with Gasteiger partial charge in [-0.15, -0.1) is 0 Å². The molecule has 0 aromatic carbocycles. The van der Waals surface area contributed by atoms with E-state index < -0.39 is 11.6 Å². The molecule has 7 nitrogen and oxygen atoms in total. The standard InChI is InChI=1S/C13H19N5O2/c1-4-5-14-10-7-15-9(6-16-10)8-18-11(19)13(2,3)17-12(18)20/h6-7H,4-5,8H2,1-3H3,(H,14,16)(H,17,20). The van der Waals surface area contributed by atoms with Crippen LogP contribution in [0.3, 0.4) is 0 Å². The number of hydrogen-bond donors (Lipinski definition) is 2. The molecule has 1 aromatic heterocycles. The largest absolute Gasteiger partial charge is 0.369 e. The number of hydrogen-bond acceptors (Lipinski definition) is 5. The van der Waals surface area contributed by atoms with Crippen LogP contribution in [-0.2, 0) is 11.3 Å². The van der Waals surface area contributed by atoms with Crippen LogP contribution in [0, 0.1) is 0 Å². The summed E-state index contributed by atoms with van der Waals surface area (Å²) in [7, 11) is 0. The summed E-state index contributed by atoms with van der Waals surface area (Å²) in [5, 5.41) is 5.74. The van der Waals surface area contributed by atoms with Crippen LogP contribution in [0.15, 0.2) is 12.4 Å². The van der Waals surface area contributed by atoms with Gasteiger partial charge in [0, 0.05) is 6.54 Å². The van der Waals surface area contributed by atoms with E-state index in [2.05, 4.69) is 27.5 Å². The molecular weight excluding hydrogens is 258 g/mol. The number of amides is 3. The molecule has 7 heteroatoms. The van der Waals surface area contributed by atoms with Gasteiger partial charge in [0.1, 0.15) is 11.4 Å². The number of imide groups is 1. The molecule has 0 radical (unpaired) electrons. The molecule has 20 heavy (non-hydrogen) atoms. The van der Waals surface area contributed by atoms with Crippen molar-refractivity contribution in [2.24, 2.45) is 0 Å². The number of nitrogens with zero attached hydrogens (tertiary/aromatic N) is 3. The fourth-order valence-electron chi connectivity index (χ4n) is 1.90. The van der Waals surface area contributed by atoms with Crippen LogP contribution in [0.5, 0.6) is 0 Å². The third-order valence-corrected chi connectivity index (χ3v) is 3.03. The van der Waals surface area contributed by atoms with Crippen molar-refractivity contribution in [2.45, 2.75) is 39.3 Å². The van der Waals surface area contributed by atoms with E-state index in [1.54, 1.807) is 26.2 Å². The van der Waals surface area contributed by atoms with Gasteiger partial charge in [-0.2, -0.15) is 0 Å². The van der Waals surface area contributed by atoms with Crippen LogP contribution >= 0.6 is 0 Å². The summed E-state index contributed by atoms with van der Waals surface area (Å²) in [5.74, 6) is 0.436. The highest BCUT2D eigenvalue weighted by atomic mass is 16.2. The molecule has 2 heterocycles. The maximum absolute atomic E-state index is 12.0. The van der Waals surface area contributed by atoms with Crippen molar-refractivity contribution in [2.75, 3.05) is 11.9 Å². The van der Waals surface area contributed by atoms with Gasteiger partial charge in [-0.05, 0) is 20.3 Å². The maximum Gasteiger partial charge on any atom is 0.325 e. The fourth-order valence-corrected chi connectivity index (χ4v) is 1.90. The minimum atomic E-state index is -0.854. The number of nitrogens with one attached hydrogen (secondary N) is 2. The number of carbonyl (C=O) groups excluding carboxylic acids is 2.